The minimum absolute atomic E-state index is 0. The third-order valence-electron chi connectivity index (χ3n) is 3.74. The number of anilines is 1. The Morgan fingerprint density at radius 2 is 2.00 bits per heavy atom. The first-order chi connectivity index (χ1) is 11.9. The maximum absolute atomic E-state index is 14.1. The molecule has 0 spiro atoms. The third-order valence-corrected chi connectivity index (χ3v) is 4.81. The van der Waals surface area contributed by atoms with E-state index in [1.807, 2.05) is 34.0 Å². The van der Waals surface area contributed by atoms with Crippen LogP contribution in [0.15, 0.2) is 23.2 Å². The molecule has 0 unspecified atom stereocenters. The van der Waals surface area contributed by atoms with Gasteiger partial charge in [0.2, 0.25) is 0 Å². The minimum atomic E-state index is -0.232. The first kappa shape index (κ1) is 22.6. The summed E-state index contributed by atoms with van der Waals surface area (Å²) in [5.74, 6) is 0.467. The smallest absolute Gasteiger partial charge is 0.191 e. The molecule has 0 amide bonds. The quantitative estimate of drug-likeness (QED) is 0.367. The third kappa shape index (κ3) is 6.39. The van der Waals surface area contributed by atoms with Crippen molar-refractivity contribution in [3.8, 4) is 0 Å². The minimum Gasteiger partial charge on any atom is -0.375 e. The highest BCUT2D eigenvalue weighted by atomic mass is 127. The zero-order chi connectivity index (χ0) is 18.4. The van der Waals surface area contributed by atoms with E-state index in [0.29, 0.717) is 24.7 Å². The van der Waals surface area contributed by atoms with Crippen LogP contribution in [0, 0.1) is 19.7 Å². The van der Waals surface area contributed by atoms with Gasteiger partial charge in [0.05, 0.1) is 24.5 Å². The Morgan fingerprint density at radius 3 is 2.54 bits per heavy atom. The van der Waals surface area contributed by atoms with Crippen molar-refractivity contribution in [2.45, 2.75) is 33.9 Å². The largest absolute Gasteiger partial charge is 0.375 e. The first-order valence-electron chi connectivity index (χ1n) is 8.31. The highest BCUT2D eigenvalue weighted by molar-refractivity contribution is 14.0. The molecule has 0 fully saturated rings. The van der Waals surface area contributed by atoms with Gasteiger partial charge in [-0.1, -0.05) is 6.07 Å². The zero-order valence-electron chi connectivity index (χ0n) is 15.9. The molecule has 0 aliphatic rings. The average Bonchev–Trinajstić information content (AvgIpc) is 2.88. The molecule has 0 bridgehead atoms. The van der Waals surface area contributed by atoms with E-state index in [1.165, 1.54) is 10.9 Å². The van der Waals surface area contributed by atoms with Gasteiger partial charge in [-0.05, 0) is 38.5 Å². The number of aliphatic imine (C=N–C) groups is 1. The van der Waals surface area contributed by atoms with Crippen molar-refractivity contribution < 1.29 is 4.39 Å². The molecule has 0 atom stereocenters. The number of aryl methyl sites for hydroxylation is 2. The summed E-state index contributed by atoms with van der Waals surface area (Å²) >= 11 is 1.68. The van der Waals surface area contributed by atoms with Gasteiger partial charge >= 0.3 is 0 Å². The molecule has 144 valence electrons. The first-order valence-corrected chi connectivity index (χ1v) is 9.13. The Labute approximate surface area is 176 Å². The van der Waals surface area contributed by atoms with E-state index in [4.69, 9.17) is 0 Å². The fraction of sp³-hybridized carbons (Fsp3) is 0.444. The predicted octanol–water partition coefficient (Wildman–Crippen LogP) is 3.84. The second kappa shape index (κ2) is 10.7. The number of aromatic nitrogens is 1. The lowest BCUT2D eigenvalue weighted by atomic mass is 10.2. The fourth-order valence-corrected chi connectivity index (χ4v) is 3.17. The molecule has 0 saturated carbocycles. The summed E-state index contributed by atoms with van der Waals surface area (Å²) in [5.41, 5.74) is 2.48. The van der Waals surface area contributed by atoms with Crippen LogP contribution in [0.25, 0.3) is 0 Å². The molecule has 5 nitrogen and oxygen atoms in total. The van der Waals surface area contributed by atoms with Crippen LogP contribution in [-0.2, 0) is 13.1 Å². The van der Waals surface area contributed by atoms with Crippen molar-refractivity contribution in [3.05, 3.63) is 45.2 Å². The Hall–Kier alpha value is -1.42. The number of halogens is 2. The van der Waals surface area contributed by atoms with E-state index >= 15 is 0 Å². The number of nitrogens with zero attached hydrogens (tertiary/aromatic N) is 3. The summed E-state index contributed by atoms with van der Waals surface area (Å²) in [6.45, 7) is 7.90. The molecule has 1 heterocycles. The van der Waals surface area contributed by atoms with Gasteiger partial charge in [0, 0.05) is 25.5 Å². The highest BCUT2D eigenvalue weighted by Crippen LogP contribution is 2.19. The van der Waals surface area contributed by atoms with Gasteiger partial charge in [0.25, 0.3) is 0 Å². The van der Waals surface area contributed by atoms with Gasteiger partial charge in [-0.3, -0.25) is 0 Å². The van der Waals surface area contributed by atoms with Crippen molar-refractivity contribution >= 4 is 47.0 Å². The maximum atomic E-state index is 14.1. The molecule has 2 rings (SSSR count). The maximum Gasteiger partial charge on any atom is 0.191 e. The lowest BCUT2D eigenvalue weighted by Gasteiger charge is -2.14. The second-order valence-electron chi connectivity index (χ2n) is 5.98. The van der Waals surface area contributed by atoms with Crippen molar-refractivity contribution in [1.82, 2.24) is 15.6 Å². The fourth-order valence-electron chi connectivity index (χ4n) is 2.30. The number of thiazole rings is 1. The summed E-state index contributed by atoms with van der Waals surface area (Å²) in [4.78, 5) is 12.0. The molecular formula is C18H27FIN5S. The number of guanidine groups is 1. The van der Waals surface area contributed by atoms with Crippen LogP contribution in [-0.4, -0.2) is 31.6 Å². The van der Waals surface area contributed by atoms with Gasteiger partial charge < -0.3 is 15.5 Å². The molecule has 2 N–H and O–H groups in total. The molecule has 0 aliphatic heterocycles. The molecule has 2 aromatic rings. The Kier molecular flexibility index (Phi) is 9.28. The van der Waals surface area contributed by atoms with E-state index in [2.05, 4.69) is 27.5 Å². The van der Waals surface area contributed by atoms with E-state index in [1.54, 1.807) is 22.3 Å². The monoisotopic (exact) mass is 491 g/mol. The van der Waals surface area contributed by atoms with E-state index in [0.717, 1.165) is 22.8 Å². The van der Waals surface area contributed by atoms with Gasteiger partial charge in [-0.25, -0.2) is 14.4 Å². The van der Waals surface area contributed by atoms with E-state index in [-0.39, 0.29) is 29.8 Å². The predicted molar refractivity (Wildman–Crippen MR) is 119 cm³/mol. The Morgan fingerprint density at radius 1 is 1.27 bits per heavy atom. The molecule has 1 aromatic carbocycles. The number of nitrogens with one attached hydrogen (secondary N) is 2. The summed E-state index contributed by atoms with van der Waals surface area (Å²) in [6.07, 6.45) is 0. The normalized spacial score (nSPS) is 11.1. The molecule has 0 saturated heterocycles. The van der Waals surface area contributed by atoms with E-state index in [9.17, 15) is 4.39 Å². The lowest BCUT2D eigenvalue weighted by Crippen LogP contribution is -2.36. The molecule has 26 heavy (non-hydrogen) atoms. The van der Waals surface area contributed by atoms with Crippen LogP contribution in [0.4, 0.5) is 10.1 Å². The van der Waals surface area contributed by atoms with Crippen molar-refractivity contribution in [2.75, 3.05) is 25.5 Å². The topological polar surface area (TPSA) is 52.6 Å². The number of benzene rings is 1. The SMILES string of the molecule is CCNC(=NCc1ccc(N(C)C)c(F)c1)NCc1nc(C)c(C)s1.I. The van der Waals surface area contributed by atoms with Crippen molar-refractivity contribution in [2.24, 2.45) is 4.99 Å². The summed E-state index contributed by atoms with van der Waals surface area (Å²) < 4.78 is 14.1. The highest BCUT2D eigenvalue weighted by Gasteiger charge is 2.07. The van der Waals surface area contributed by atoms with E-state index < -0.39 is 0 Å². The number of rotatable bonds is 6. The number of hydrogen-bond donors (Lipinski definition) is 2. The second-order valence-corrected chi connectivity index (χ2v) is 7.27. The van der Waals surface area contributed by atoms with Crippen LogP contribution in [0.1, 0.15) is 28.1 Å². The van der Waals surface area contributed by atoms with Gasteiger partial charge in [-0.2, -0.15) is 0 Å². The Balaban J connectivity index is 0.00000338. The number of hydrogen-bond acceptors (Lipinski definition) is 4. The van der Waals surface area contributed by atoms with Crippen LogP contribution in [0.2, 0.25) is 0 Å². The molecule has 1 aromatic heterocycles. The van der Waals surface area contributed by atoms with Crippen LogP contribution < -0.4 is 15.5 Å². The average molecular weight is 491 g/mol. The summed E-state index contributed by atoms with van der Waals surface area (Å²) in [5, 5.41) is 7.51. The van der Waals surface area contributed by atoms with Gasteiger partial charge in [-0.15, -0.1) is 35.3 Å². The summed E-state index contributed by atoms with van der Waals surface area (Å²) in [6, 6.07) is 5.22. The van der Waals surface area contributed by atoms with Gasteiger partial charge in [0.1, 0.15) is 10.8 Å². The zero-order valence-corrected chi connectivity index (χ0v) is 19.0. The lowest BCUT2D eigenvalue weighted by molar-refractivity contribution is 0.624. The standard InChI is InChI=1S/C18H26FN5S.HI/c1-6-20-18(22-11-17-23-12(2)13(3)25-17)21-10-14-7-8-16(24(4)5)15(19)9-14;/h7-9H,6,10-11H2,1-5H3,(H2,20,21,22);1H. The van der Waals surface area contributed by atoms with Gasteiger partial charge in [0.15, 0.2) is 5.96 Å². The summed E-state index contributed by atoms with van der Waals surface area (Å²) in [7, 11) is 3.65. The Bertz CT molecular complexity index is 726. The van der Waals surface area contributed by atoms with Crippen molar-refractivity contribution in [3.63, 3.8) is 0 Å². The molecular weight excluding hydrogens is 464 g/mol. The van der Waals surface area contributed by atoms with Crippen LogP contribution in [0.3, 0.4) is 0 Å². The van der Waals surface area contributed by atoms with Crippen LogP contribution in [0.5, 0.6) is 0 Å². The molecule has 8 heteroatoms. The molecule has 0 aliphatic carbocycles. The van der Waals surface area contributed by atoms with Crippen molar-refractivity contribution in [1.29, 1.82) is 0 Å². The van der Waals surface area contributed by atoms with Crippen LogP contribution >= 0.6 is 35.3 Å². The molecule has 0 radical (unpaired) electrons.